The lowest BCUT2D eigenvalue weighted by atomic mass is 10.1. The molecule has 7 heteroatoms. The average molecular weight is 323 g/mol. The average Bonchev–Trinajstić information content (AvgIpc) is 2.39. The predicted octanol–water partition coefficient (Wildman–Crippen LogP) is 4.29. The Balaban J connectivity index is 4.72. The topological polar surface area (TPSA) is 73.9 Å². The van der Waals surface area contributed by atoms with Crippen molar-refractivity contribution in [1.82, 2.24) is 5.32 Å². The molecule has 0 bridgehead atoms. The van der Waals surface area contributed by atoms with E-state index in [0.29, 0.717) is 6.42 Å². The molecule has 21 heavy (non-hydrogen) atoms. The third kappa shape index (κ3) is 8.44. The van der Waals surface area contributed by atoms with Gasteiger partial charge < -0.3 is 19.1 Å². The SMILES string of the molecule is CCCCCC[C@H](NC(=O)OC(C)(C)C)P(=O)(OC)OC. The molecule has 126 valence electrons. The monoisotopic (exact) mass is 323 g/mol. The van der Waals surface area contributed by atoms with Gasteiger partial charge in [-0.2, -0.15) is 0 Å². The van der Waals surface area contributed by atoms with Gasteiger partial charge >= 0.3 is 13.7 Å². The van der Waals surface area contributed by atoms with Crippen LogP contribution < -0.4 is 5.32 Å². The van der Waals surface area contributed by atoms with E-state index in [4.69, 9.17) is 13.8 Å². The van der Waals surface area contributed by atoms with Gasteiger partial charge in [0.1, 0.15) is 11.4 Å². The molecule has 0 aliphatic carbocycles. The van der Waals surface area contributed by atoms with E-state index < -0.39 is 25.1 Å². The van der Waals surface area contributed by atoms with E-state index in [1.165, 1.54) is 14.2 Å². The first kappa shape index (κ1) is 20.4. The number of carbonyl (C=O) groups excluding carboxylic acids is 1. The molecule has 0 spiro atoms. The van der Waals surface area contributed by atoms with Crippen molar-refractivity contribution in [1.29, 1.82) is 0 Å². The number of alkyl carbamates (subject to hydrolysis) is 1. The van der Waals surface area contributed by atoms with Crippen molar-refractivity contribution in [2.75, 3.05) is 14.2 Å². The zero-order valence-electron chi connectivity index (χ0n) is 14.1. The molecule has 0 unspecified atom stereocenters. The fraction of sp³-hybridized carbons (Fsp3) is 0.929. The van der Waals surface area contributed by atoms with Crippen molar-refractivity contribution in [3.8, 4) is 0 Å². The molecular formula is C14H30NO5P. The Kier molecular flexibility index (Phi) is 9.18. The summed E-state index contributed by atoms with van der Waals surface area (Å²) in [7, 11) is -0.732. The molecule has 0 aromatic carbocycles. The quantitative estimate of drug-likeness (QED) is 0.506. The van der Waals surface area contributed by atoms with Crippen LogP contribution in [-0.4, -0.2) is 31.7 Å². The summed E-state index contributed by atoms with van der Waals surface area (Å²) >= 11 is 0. The Bertz CT molecular complexity index is 346. The van der Waals surface area contributed by atoms with E-state index in [0.717, 1.165) is 25.7 Å². The number of amides is 1. The molecule has 0 aromatic heterocycles. The minimum atomic E-state index is -3.37. The molecule has 0 rings (SSSR count). The van der Waals surface area contributed by atoms with Crippen molar-refractivity contribution in [3.05, 3.63) is 0 Å². The summed E-state index contributed by atoms with van der Waals surface area (Å²) in [5.74, 6) is -0.695. The van der Waals surface area contributed by atoms with Gasteiger partial charge in [-0.05, 0) is 27.2 Å². The predicted molar refractivity (Wildman–Crippen MR) is 83.5 cm³/mol. The third-order valence-electron chi connectivity index (χ3n) is 2.91. The van der Waals surface area contributed by atoms with Gasteiger partial charge in [0.25, 0.3) is 0 Å². The highest BCUT2D eigenvalue weighted by Gasteiger charge is 2.35. The van der Waals surface area contributed by atoms with Crippen LogP contribution in [0.2, 0.25) is 0 Å². The highest BCUT2D eigenvalue weighted by atomic mass is 31.2. The molecule has 0 radical (unpaired) electrons. The summed E-state index contributed by atoms with van der Waals surface area (Å²) < 4.78 is 27.7. The molecule has 1 atom stereocenters. The van der Waals surface area contributed by atoms with Crippen molar-refractivity contribution >= 4 is 13.7 Å². The molecule has 0 heterocycles. The number of nitrogens with one attached hydrogen (secondary N) is 1. The maximum absolute atomic E-state index is 12.5. The molecule has 0 aromatic rings. The smallest absolute Gasteiger partial charge is 0.408 e. The van der Waals surface area contributed by atoms with E-state index in [-0.39, 0.29) is 0 Å². The van der Waals surface area contributed by atoms with Crippen LogP contribution in [0, 0.1) is 0 Å². The summed E-state index contributed by atoms with van der Waals surface area (Å²) in [6.45, 7) is 7.44. The Morgan fingerprint density at radius 3 is 2.14 bits per heavy atom. The summed E-state index contributed by atoms with van der Waals surface area (Å²) in [6, 6.07) is 0. The lowest BCUT2D eigenvalue weighted by Gasteiger charge is -2.27. The van der Waals surface area contributed by atoms with Gasteiger partial charge in [-0.3, -0.25) is 4.57 Å². The van der Waals surface area contributed by atoms with Crippen molar-refractivity contribution < 1.29 is 23.1 Å². The lowest BCUT2D eigenvalue weighted by molar-refractivity contribution is 0.0509. The molecule has 0 aliphatic rings. The number of carbonyl (C=O) groups is 1. The number of rotatable bonds is 9. The van der Waals surface area contributed by atoms with Crippen LogP contribution in [-0.2, 0) is 18.3 Å². The number of hydrogen-bond donors (Lipinski definition) is 1. The van der Waals surface area contributed by atoms with E-state index in [1.54, 1.807) is 20.8 Å². The van der Waals surface area contributed by atoms with Gasteiger partial charge in [0.05, 0.1) is 0 Å². The molecular weight excluding hydrogens is 293 g/mol. The summed E-state index contributed by atoms with van der Waals surface area (Å²) in [5.41, 5.74) is -0.610. The highest BCUT2D eigenvalue weighted by Crippen LogP contribution is 2.52. The second-order valence-electron chi connectivity index (χ2n) is 5.92. The van der Waals surface area contributed by atoms with Crippen LogP contribution in [0.15, 0.2) is 0 Å². The normalized spacial score (nSPS) is 13.8. The van der Waals surface area contributed by atoms with Crippen LogP contribution in [0.5, 0.6) is 0 Å². The van der Waals surface area contributed by atoms with Crippen LogP contribution in [0.25, 0.3) is 0 Å². The van der Waals surface area contributed by atoms with Crippen LogP contribution in [0.4, 0.5) is 4.79 Å². The molecule has 0 saturated heterocycles. The first-order valence-corrected chi connectivity index (χ1v) is 9.00. The maximum Gasteiger partial charge on any atom is 0.408 e. The molecule has 6 nitrogen and oxygen atoms in total. The Labute approximate surface area is 128 Å². The second-order valence-corrected chi connectivity index (χ2v) is 8.35. The summed E-state index contributed by atoms with van der Waals surface area (Å²) in [5, 5.41) is 2.62. The fourth-order valence-corrected chi connectivity index (χ4v) is 3.27. The van der Waals surface area contributed by atoms with Gasteiger partial charge in [-0.1, -0.05) is 32.6 Å². The maximum atomic E-state index is 12.5. The first-order chi connectivity index (χ1) is 9.68. The van der Waals surface area contributed by atoms with Gasteiger partial charge in [0.15, 0.2) is 0 Å². The van der Waals surface area contributed by atoms with Gasteiger partial charge in [-0.15, -0.1) is 0 Å². The number of unbranched alkanes of at least 4 members (excludes halogenated alkanes) is 3. The molecule has 0 fully saturated rings. The Morgan fingerprint density at radius 2 is 1.71 bits per heavy atom. The Morgan fingerprint density at radius 1 is 1.14 bits per heavy atom. The lowest BCUT2D eigenvalue weighted by Crippen LogP contribution is -2.39. The molecule has 1 amide bonds. The van der Waals surface area contributed by atoms with E-state index >= 15 is 0 Å². The molecule has 0 aliphatic heterocycles. The highest BCUT2D eigenvalue weighted by molar-refractivity contribution is 7.54. The summed E-state index contributed by atoms with van der Waals surface area (Å²) in [6.07, 6.45) is 3.97. The van der Waals surface area contributed by atoms with Gasteiger partial charge in [0, 0.05) is 14.2 Å². The molecule has 0 saturated carbocycles. The van der Waals surface area contributed by atoms with E-state index in [9.17, 15) is 9.36 Å². The zero-order valence-corrected chi connectivity index (χ0v) is 15.0. The van der Waals surface area contributed by atoms with Crippen LogP contribution >= 0.6 is 7.60 Å². The number of ether oxygens (including phenoxy) is 1. The van der Waals surface area contributed by atoms with Crippen molar-refractivity contribution in [3.63, 3.8) is 0 Å². The number of hydrogen-bond acceptors (Lipinski definition) is 5. The minimum absolute atomic E-state index is 0.526. The minimum Gasteiger partial charge on any atom is -0.444 e. The largest absolute Gasteiger partial charge is 0.444 e. The zero-order chi connectivity index (χ0) is 16.5. The third-order valence-corrected chi connectivity index (χ3v) is 5.07. The van der Waals surface area contributed by atoms with Crippen molar-refractivity contribution in [2.24, 2.45) is 0 Å². The van der Waals surface area contributed by atoms with E-state index in [1.807, 2.05) is 0 Å². The van der Waals surface area contributed by atoms with Crippen molar-refractivity contribution in [2.45, 2.75) is 71.2 Å². The van der Waals surface area contributed by atoms with Gasteiger partial charge in [-0.25, -0.2) is 4.79 Å². The van der Waals surface area contributed by atoms with Crippen LogP contribution in [0.3, 0.4) is 0 Å². The van der Waals surface area contributed by atoms with E-state index in [2.05, 4.69) is 12.2 Å². The van der Waals surface area contributed by atoms with Gasteiger partial charge in [0.2, 0.25) is 0 Å². The Hall–Kier alpha value is -0.580. The standard InChI is InChI=1S/C14H30NO5P/c1-7-8-9-10-11-12(21(17,18-5)19-6)15-13(16)20-14(2,3)4/h12H,7-11H2,1-6H3,(H,15,16)/t12-/m1/s1. The fourth-order valence-electron chi connectivity index (χ4n) is 1.85. The molecule has 1 N–H and O–H groups in total. The summed E-state index contributed by atoms with van der Waals surface area (Å²) in [4.78, 5) is 11.9. The first-order valence-electron chi connectivity index (χ1n) is 7.39. The second kappa shape index (κ2) is 9.44. The van der Waals surface area contributed by atoms with Crippen LogP contribution in [0.1, 0.15) is 59.8 Å².